The Morgan fingerprint density at radius 1 is 1.03 bits per heavy atom. The average Bonchev–Trinajstić information content (AvgIpc) is 3.22. The summed E-state index contributed by atoms with van der Waals surface area (Å²) in [5, 5.41) is 1.74. The van der Waals surface area contributed by atoms with E-state index in [1.165, 1.54) is 12.1 Å². The number of para-hydroxylation sites is 1. The number of thiazole rings is 1. The van der Waals surface area contributed by atoms with Gasteiger partial charge in [-0.25, -0.2) is 23.0 Å². The molecule has 0 unspecified atom stereocenters. The molecule has 1 heterocycles. The van der Waals surface area contributed by atoms with Gasteiger partial charge >= 0.3 is 12.1 Å². The molecule has 1 amide bonds. The van der Waals surface area contributed by atoms with Gasteiger partial charge in [0.05, 0.1) is 12.7 Å². The Balaban J connectivity index is 1.76. The SMILES string of the molecule is COC(=O)c1sc(NC(=O)c2ccccc2OC(=O)OCc2ccccc2)nc1S(C)(=O)=O. The first-order valence-electron chi connectivity index (χ1n) is 9.27. The van der Waals surface area contributed by atoms with Gasteiger partial charge in [-0.3, -0.25) is 10.1 Å². The van der Waals surface area contributed by atoms with E-state index in [0.29, 0.717) is 11.3 Å². The zero-order valence-electron chi connectivity index (χ0n) is 17.4. The monoisotopic (exact) mass is 490 g/mol. The lowest BCUT2D eigenvalue weighted by atomic mass is 10.2. The summed E-state index contributed by atoms with van der Waals surface area (Å²) in [5.74, 6) is -1.73. The second kappa shape index (κ2) is 10.2. The Morgan fingerprint density at radius 2 is 1.70 bits per heavy atom. The van der Waals surface area contributed by atoms with Crippen LogP contribution in [0, 0.1) is 0 Å². The topological polar surface area (TPSA) is 138 Å². The number of ether oxygens (including phenoxy) is 3. The largest absolute Gasteiger partial charge is 0.514 e. The Morgan fingerprint density at radius 3 is 2.36 bits per heavy atom. The van der Waals surface area contributed by atoms with Crippen molar-refractivity contribution in [2.45, 2.75) is 11.6 Å². The zero-order chi connectivity index (χ0) is 24.0. The smallest absolute Gasteiger partial charge is 0.465 e. The van der Waals surface area contributed by atoms with E-state index in [0.717, 1.165) is 18.9 Å². The molecule has 1 aromatic heterocycles. The van der Waals surface area contributed by atoms with Crippen molar-refractivity contribution in [3.8, 4) is 5.75 Å². The molecular weight excluding hydrogens is 472 g/mol. The fraction of sp³-hybridized carbons (Fsp3) is 0.143. The minimum absolute atomic E-state index is 0.0161. The summed E-state index contributed by atoms with van der Waals surface area (Å²) in [6.07, 6.45) is -0.134. The van der Waals surface area contributed by atoms with Gasteiger partial charge in [0, 0.05) is 6.26 Å². The predicted molar refractivity (Wildman–Crippen MR) is 118 cm³/mol. The number of sulfone groups is 1. The zero-order valence-corrected chi connectivity index (χ0v) is 19.1. The lowest BCUT2D eigenvalue weighted by molar-refractivity contribution is 0.0601. The molecule has 0 fully saturated rings. The van der Waals surface area contributed by atoms with E-state index in [1.54, 1.807) is 36.4 Å². The van der Waals surface area contributed by atoms with Crippen LogP contribution in [-0.4, -0.2) is 44.8 Å². The van der Waals surface area contributed by atoms with Gasteiger partial charge in [0.15, 0.2) is 24.9 Å². The van der Waals surface area contributed by atoms with E-state index >= 15 is 0 Å². The molecule has 12 heteroatoms. The van der Waals surface area contributed by atoms with Crippen molar-refractivity contribution >= 4 is 44.3 Å². The van der Waals surface area contributed by atoms with Crippen LogP contribution in [0.2, 0.25) is 0 Å². The van der Waals surface area contributed by atoms with E-state index in [1.807, 2.05) is 6.07 Å². The first-order chi connectivity index (χ1) is 15.7. The summed E-state index contributed by atoms with van der Waals surface area (Å²) in [6, 6.07) is 14.8. The second-order valence-electron chi connectivity index (χ2n) is 6.49. The molecule has 0 saturated heterocycles. The van der Waals surface area contributed by atoms with Crippen molar-refractivity contribution in [1.29, 1.82) is 0 Å². The summed E-state index contributed by atoms with van der Waals surface area (Å²) in [5.41, 5.74) is 0.720. The van der Waals surface area contributed by atoms with Gasteiger partial charge in [0.2, 0.25) is 0 Å². The molecule has 10 nitrogen and oxygen atoms in total. The third kappa shape index (κ3) is 6.14. The predicted octanol–water partition coefficient (Wildman–Crippen LogP) is 3.30. The quantitative estimate of drug-likeness (QED) is 0.390. The molecule has 0 bridgehead atoms. The number of hydrogen-bond acceptors (Lipinski definition) is 10. The van der Waals surface area contributed by atoms with Crippen LogP contribution in [0.5, 0.6) is 5.75 Å². The van der Waals surface area contributed by atoms with Crippen LogP contribution in [0.15, 0.2) is 59.6 Å². The molecule has 0 aliphatic heterocycles. The molecule has 3 rings (SSSR count). The number of carbonyl (C=O) groups is 3. The highest BCUT2D eigenvalue weighted by molar-refractivity contribution is 7.90. The minimum atomic E-state index is -3.86. The van der Waals surface area contributed by atoms with Gasteiger partial charge in [-0.1, -0.05) is 53.8 Å². The van der Waals surface area contributed by atoms with Crippen LogP contribution < -0.4 is 10.1 Å². The normalized spacial score (nSPS) is 10.8. The maximum absolute atomic E-state index is 12.8. The molecule has 0 atom stereocenters. The van der Waals surface area contributed by atoms with Crippen molar-refractivity contribution in [3.05, 3.63) is 70.6 Å². The highest BCUT2D eigenvalue weighted by atomic mass is 32.2. The van der Waals surface area contributed by atoms with E-state index in [2.05, 4.69) is 15.0 Å². The fourth-order valence-electron chi connectivity index (χ4n) is 2.58. The van der Waals surface area contributed by atoms with Crippen LogP contribution in [0.3, 0.4) is 0 Å². The maximum Gasteiger partial charge on any atom is 0.514 e. The molecule has 2 aromatic carbocycles. The van der Waals surface area contributed by atoms with E-state index in [4.69, 9.17) is 9.47 Å². The van der Waals surface area contributed by atoms with Crippen LogP contribution in [0.25, 0.3) is 0 Å². The summed E-state index contributed by atoms with van der Waals surface area (Å²) >= 11 is 0.638. The van der Waals surface area contributed by atoms with Gasteiger partial charge in [-0.2, -0.15) is 0 Å². The maximum atomic E-state index is 12.8. The molecule has 0 saturated carbocycles. The third-order valence-corrected chi connectivity index (χ3v) is 6.14. The Hall–Kier alpha value is -3.77. The molecule has 0 aliphatic carbocycles. The number of nitrogens with zero attached hydrogens (tertiary/aromatic N) is 1. The summed E-state index contributed by atoms with van der Waals surface area (Å²) in [6.45, 7) is -0.0161. The van der Waals surface area contributed by atoms with E-state index in [-0.39, 0.29) is 27.9 Å². The van der Waals surface area contributed by atoms with Crippen molar-refractivity contribution in [2.24, 2.45) is 0 Å². The number of rotatable bonds is 7. The van der Waals surface area contributed by atoms with E-state index < -0.39 is 32.9 Å². The molecule has 3 aromatic rings. The summed E-state index contributed by atoms with van der Waals surface area (Å²) < 4.78 is 38.7. The number of hydrogen-bond donors (Lipinski definition) is 1. The molecular formula is C21H18N2O8S2. The van der Waals surface area contributed by atoms with Crippen molar-refractivity contribution < 1.29 is 37.0 Å². The lowest BCUT2D eigenvalue weighted by Crippen LogP contribution is -2.16. The molecule has 0 aliphatic rings. The summed E-state index contributed by atoms with van der Waals surface area (Å²) in [7, 11) is -2.77. The molecule has 1 N–H and O–H groups in total. The number of esters is 1. The lowest BCUT2D eigenvalue weighted by Gasteiger charge is -2.10. The number of carbonyl (C=O) groups excluding carboxylic acids is 3. The van der Waals surface area contributed by atoms with E-state index in [9.17, 15) is 22.8 Å². The van der Waals surface area contributed by atoms with Crippen LogP contribution in [0.1, 0.15) is 25.6 Å². The van der Waals surface area contributed by atoms with Crippen molar-refractivity contribution in [3.63, 3.8) is 0 Å². The number of aromatic nitrogens is 1. The molecule has 33 heavy (non-hydrogen) atoms. The number of benzene rings is 2. The Bertz CT molecular complexity index is 1290. The highest BCUT2D eigenvalue weighted by Crippen LogP contribution is 2.28. The Labute approximate surface area is 193 Å². The highest BCUT2D eigenvalue weighted by Gasteiger charge is 2.27. The number of anilines is 1. The van der Waals surface area contributed by atoms with Gasteiger partial charge in [-0.15, -0.1) is 0 Å². The van der Waals surface area contributed by atoms with Gasteiger partial charge in [-0.05, 0) is 17.7 Å². The second-order valence-corrected chi connectivity index (χ2v) is 9.42. The van der Waals surface area contributed by atoms with Gasteiger partial charge in [0.1, 0.15) is 12.4 Å². The summed E-state index contributed by atoms with van der Waals surface area (Å²) in [4.78, 5) is 40.3. The first-order valence-corrected chi connectivity index (χ1v) is 12.0. The number of amides is 1. The first kappa shape index (κ1) is 23.9. The van der Waals surface area contributed by atoms with Gasteiger partial charge in [0.25, 0.3) is 5.91 Å². The van der Waals surface area contributed by atoms with Crippen molar-refractivity contribution in [1.82, 2.24) is 4.98 Å². The van der Waals surface area contributed by atoms with Gasteiger partial charge < -0.3 is 14.2 Å². The number of nitrogens with one attached hydrogen (secondary N) is 1. The number of methoxy groups -OCH3 is 1. The standard InChI is InChI=1S/C21H18N2O8S2/c1-29-19(25)16-18(33(2,27)28)23-20(32-16)22-17(24)14-10-6-7-11-15(14)31-21(26)30-12-13-8-4-3-5-9-13/h3-11H,12H2,1-2H3,(H,22,23,24). The molecule has 0 radical (unpaired) electrons. The van der Waals surface area contributed by atoms with Crippen LogP contribution >= 0.6 is 11.3 Å². The van der Waals surface area contributed by atoms with Crippen LogP contribution in [0.4, 0.5) is 9.93 Å². The van der Waals surface area contributed by atoms with Crippen LogP contribution in [-0.2, 0) is 25.9 Å². The average molecular weight is 491 g/mol. The third-order valence-electron chi connectivity index (χ3n) is 4.06. The molecule has 0 spiro atoms. The van der Waals surface area contributed by atoms with Crippen molar-refractivity contribution in [2.75, 3.05) is 18.7 Å². The Kier molecular flexibility index (Phi) is 7.41. The fourth-order valence-corrected chi connectivity index (χ4v) is 4.66. The molecule has 172 valence electrons. The minimum Gasteiger partial charge on any atom is -0.465 e.